The van der Waals surface area contributed by atoms with Crippen LogP contribution in [-0.2, 0) is 6.54 Å². The Morgan fingerprint density at radius 3 is 2.55 bits per heavy atom. The molecule has 1 aliphatic rings. The second-order valence-electron chi connectivity index (χ2n) is 8.78. The van der Waals surface area contributed by atoms with Gasteiger partial charge in [-0.15, -0.1) is 0 Å². The van der Waals surface area contributed by atoms with Crippen molar-refractivity contribution in [2.45, 2.75) is 66.0 Å². The highest BCUT2D eigenvalue weighted by molar-refractivity contribution is 6.05. The van der Waals surface area contributed by atoms with Gasteiger partial charge in [0.2, 0.25) is 0 Å². The molecule has 2 aromatic heterocycles. The molecule has 0 unspecified atom stereocenters. The lowest BCUT2D eigenvalue weighted by molar-refractivity contribution is 0.0915. The van der Waals surface area contributed by atoms with Crippen LogP contribution in [0.1, 0.15) is 69.4 Å². The number of piperidine rings is 1. The molecule has 0 bridgehead atoms. The number of hydrogen-bond donors (Lipinski definition) is 2. The van der Waals surface area contributed by atoms with Crippen molar-refractivity contribution in [2.75, 3.05) is 19.6 Å². The lowest BCUT2D eigenvalue weighted by Crippen LogP contribution is -2.45. The van der Waals surface area contributed by atoms with Gasteiger partial charge in [0.15, 0.2) is 5.65 Å². The van der Waals surface area contributed by atoms with Crippen molar-refractivity contribution in [3.63, 3.8) is 0 Å². The van der Waals surface area contributed by atoms with Crippen LogP contribution in [0.4, 0.5) is 0 Å². The minimum absolute atomic E-state index is 0.0500. The first-order valence-electron chi connectivity index (χ1n) is 11.1. The van der Waals surface area contributed by atoms with Gasteiger partial charge in [-0.1, -0.05) is 25.5 Å². The van der Waals surface area contributed by atoms with Crippen molar-refractivity contribution in [3.8, 4) is 0 Å². The zero-order chi connectivity index (χ0) is 22.7. The molecule has 3 heterocycles. The fraction of sp³-hybridized carbons (Fsp3) is 0.565. The van der Waals surface area contributed by atoms with Gasteiger partial charge in [0.25, 0.3) is 11.5 Å². The van der Waals surface area contributed by atoms with Crippen molar-refractivity contribution in [1.82, 2.24) is 24.8 Å². The van der Waals surface area contributed by atoms with Crippen molar-refractivity contribution in [3.05, 3.63) is 49.8 Å². The molecule has 0 saturated carbocycles. The van der Waals surface area contributed by atoms with Crippen LogP contribution in [-0.4, -0.2) is 51.0 Å². The maximum atomic E-state index is 13.2. The van der Waals surface area contributed by atoms with Crippen molar-refractivity contribution in [2.24, 2.45) is 0 Å². The third-order valence-electron chi connectivity index (χ3n) is 5.80. The van der Waals surface area contributed by atoms with Crippen LogP contribution >= 0.6 is 0 Å². The number of hydrogen-bond acceptors (Lipinski definition) is 5. The number of aryl methyl sites for hydroxylation is 1. The first-order chi connectivity index (χ1) is 14.7. The first kappa shape index (κ1) is 22.9. The third kappa shape index (κ3) is 5.12. The predicted molar refractivity (Wildman–Crippen MR) is 123 cm³/mol. The smallest absolute Gasteiger partial charge is 0.329 e. The standard InChI is InChI=1S/C23H33N5O3/c1-6-28-20-19(22(30)26-23(28)31)17(13-18(25-20)15(4)5)21(29)24-16-8-11-27(12-9-16)10-7-14(2)3/h7,13,15-16H,6,8-12H2,1-5H3,(H,24,29)(H,26,30,31). The maximum Gasteiger partial charge on any atom is 0.329 e. The summed E-state index contributed by atoms with van der Waals surface area (Å²) in [5.74, 6) is -0.238. The summed E-state index contributed by atoms with van der Waals surface area (Å²) in [6, 6.07) is 1.74. The Bertz CT molecular complexity index is 1100. The van der Waals surface area contributed by atoms with Gasteiger partial charge in [0.1, 0.15) is 0 Å². The lowest BCUT2D eigenvalue weighted by atomic mass is 10.0. The fourth-order valence-electron chi connectivity index (χ4n) is 3.90. The normalized spacial score (nSPS) is 15.4. The largest absolute Gasteiger partial charge is 0.349 e. The van der Waals surface area contributed by atoms with E-state index in [1.807, 2.05) is 20.8 Å². The van der Waals surface area contributed by atoms with E-state index in [4.69, 9.17) is 0 Å². The second-order valence-corrected chi connectivity index (χ2v) is 8.78. The van der Waals surface area contributed by atoms with Gasteiger partial charge in [-0.25, -0.2) is 9.78 Å². The number of nitrogens with one attached hydrogen (secondary N) is 2. The summed E-state index contributed by atoms with van der Waals surface area (Å²) in [5.41, 5.74) is 1.45. The van der Waals surface area contributed by atoms with Crippen LogP contribution in [0.15, 0.2) is 27.3 Å². The number of fused-ring (bicyclic) bond motifs is 1. The number of allylic oxidation sites excluding steroid dienone is 1. The van der Waals surface area contributed by atoms with Gasteiger partial charge in [-0.2, -0.15) is 0 Å². The minimum Gasteiger partial charge on any atom is -0.349 e. The minimum atomic E-state index is -0.575. The van der Waals surface area contributed by atoms with E-state index in [0.29, 0.717) is 12.2 Å². The number of H-pyrrole nitrogens is 1. The van der Waals surface area contributed by atoms with E-state index in [9.17, 15) is 14.4 Å². The molecule has 0 aromatic carbocycles. The quantitative estimate of drug-likeness (QED) is 0.690. The monoisotopic (exact) mass is 427 g/mol. The molecule has 0 spiro atoms. The van der Waals surface area contributed by atoms with E-state index in [2.05, 4.69) is 40.1 Å². The molecule has 0 aliphatic carbocycles. The number of rotatable bonds is 6. The van der Waals surface area contributed by atoms with Crippen LogP contribution in [0.2, 0.25) is 0 Å². The fourth-order valence-corrected chi connectivity index (χ4v) is 3.90. The van der Waals surface area contributed by atoms with Crippen LogP contribution in [0.25, 0.3) is 11.0 Å². The Morgan fingerprint density at radius 2 is 1.97 bits per heavy atom. The van der Waals surface area contributed by atoms with Crippen molar-refractivity contribution >= 4 is 16.9 Å². The zero-order valence-electron chi connectivity index (χ0n) is 19.1. The average molecular weight is 428 g/mol. The number of carbonyl (C=O) groups excluding carboxylic acids is 1. The van der Waals surface area contributed by atoms with Gasteiger partial charge in [0.05, 0.1) is 10.9 Å². The average Bonchev–Trinajstić information content (AvgIpc) is 2.72. The summed E-state index contributed by atoms with van der Waals surface area (Å²) in [6.07, 6.45) is 3.94. The zero-order valence-corrected chi connectivity index (χ0v) is 19.1. The highest BCUT2D eigenvalue weighted by Gasteiger charge is 2.24. The molecule has 1 aliphatic heterocycles. The van der Waals surface area contributed by atoms with Crippen molar-refractivity contribution in [1.29, 1.82) is 0 Å². The van der Waals surface area contributed by atoms with Gasteiger partial charge in [-0.3, -0.25) is 24.0 Å². The van der Waals surface area contributed by atoms with Crippen LogP contribution in [0.3, 0.4) is 0 Å². The number of likely N-dealkylation sites (tertiary alicyclic amines) is 1. The second kappa shape index (κ2) is 9.60. The first-order valence-corrected chi connectivity index (χ1v) is 11.1. The van der Waals surface area contributed by atoms with E-state index in [1.165, 1.54) is 10.1 Å². The molecule has 1 amide bonds. The SMILES string of the molecule is CCn1c(=O)[nH]c(=O)c2c(C(=O)NC3CCN(CC=C(C)C)CC3)cc(C(C)C)nc21. The molecule has 2 aromatic rings. The molecule has 2 N–H and O–H groups in total. The molecule has 8 heteroatoms. The lowest BCUT2D eigenvalue weighted by Gasteiger charge is -2.31. The molecular formula is C23H33N5O3. The predicted octanol–water partition coefficient (Wildman–Crippen LogP) is 2.39. The number of pyridine rings is 1. The molecule has 31 heavy (non-hydrogen) atoms. The molecule has 3 rings (SSSR count). The molecule has 168 valence electrons. The van der Waals surface area contributed by atoms with E-state index in [0.717, 1.165) is 32.5 Å². The summed E-state index contributed by atoms with van der Waals surface area (Å²) < 4.78 is 1.40. The Balaban J connectivity index is 1.90. The molecular weight excluding hydrogens is 394 g/mol. The summed E-state index contributed by atoms with van der Waals surface area (Å²) >= 11 is 0. The third-order valence-corrected chi connectivity index (χ3v) is 5.80. The van der Waals surface area contributed by atoms with Gasteiger partial charge in [0, 0.05) is 37.9 Å². The van der Waals surface area contributed by atoms with Crippen molar-refractivity contribution < 1.29 is 4.79 Å². The van der Waals surface area contributed by atoms with Crippen LogP contribution in [0.5, 0.6) is 0 Å². The van der Waals surface area contributed by atoms with Gasteiger partial charge in [-0.05, 0) is 45.6 Å². The highest BCUT2D eigenvalue weighted by Crippen LogP contribution is 2.20. The number of carbonyl (C=O) groups is 1. The summed E-state index contributed by atoms with van der Waals surface area (Å²) in [5, 5.41) is 3.28. The Morgan fingerprint density at radius 1 is 1.29 bits per heavy atom. The molecule has 1 saturated heterocycles. The topological polar surface area (TPSA) is 100 Å². The Hall–Kier alpha value is -2.74. The van der Waals surface area contributed by atoms with Crippen LogP contribution in [0, 0.1) is 0 Å². The molecule has 0 atom stereocenters. The highest BCUT2D eigenvalue weighted by atomic mass is 16.2. The van der Waals surface area contributed by atoms with Crippen LogP contribution < -0.4 is 16.6 Å². The molecule has 1 fully saturated rings. The summed E-state index contributed by atoms with van der Waals surface area (Å²) in [6.45, 7) is 13.1. The molecule has 0 radical (unpaired) electrons. The van der Waals surface area contributed by atoms with E-state index >= 15 is 0 Å². The number of aromatic amines is 1. The Kier molecular flexibility index (Phi) is 7.10. The van der Waals surface area contributed by atoms with Gasteiger partial charge >= 0.3 is 5.69 Å². The van der Waals surface area contributed by atoms with E-state index in [1.54, 1.807) is 6.07 Å². The Labute approximate surface area is 182 Å². The van der Waals surface area contributed by atoms with E-state index in [-0.39, 0.29) is 34.5 Å². The number of nitrogens with zero attached hydrogens (tertiary/aromatic N) is 3. The molecule has 8 nitrogen and oxygen atoms in total. The summed E-state index contributed by atoms with van der Waals surface area (Å²) in [7, 11) is 0. The van der Waals surface area contributed by atoms with E-state index < -0.39 is 11.2 Å². The van der Waals surface area contributed by atoms with Gasteiger partial charge < -0.3 is 5.32 Å². The maximum absolute atomic E-state index is 13.2. The number of aromatic nitrogens is 3. The number of amides is 1. The summed E-state index contributed by atoms with van der Waals surface area (Å²) in [4.78, 5) is 47.4.